The Morgan fingerprint density at radius 2 is 1.00 bits per heavy atom. The second-order valence-corrected chi connectivity index (χ2v) is 16.8. The van der Waals surface area contributed by atoms with Crippen molar-refractivity contribution >= 4 is 51.8 Å². The molecule has 0 unspecified atom stereocenters. The molecule has 4 aromatic carbocycles. The van der Waals surface area contributed by atoms with Gasteiger partial charge in [0.05, 0.1) is 34.2 Å². The molecule has 1 aliphatic heterocycles. The summed E-state index contributed by atoms with van der Waals surface area (Å²) in [6.45, 7) is 0.257. The molecule has 3 aliphatic rings. The lowest BCUT2D eigenvalue weighted by Crippen LogP contribution is -2.53. The van der Waals surface area contributed by atoms with Crippen LogP contribution >= 0.6 is 0 Å². The average Bonchev–Trinajstić information content (AvgIpc) is 3.88. The number of amides is 4. The number of carbonyl (C=O) groups excluding carboxylic acids is 3. The van der Waals surface area contributed by atoms with Gasteiger partial charge in [0.25, 0.3) is 11.8 Å². The van der Waals surface area contributed by atoms with Crippen molar-refractivity contribution in [1.29, 1.82) is 0 Å². The van der Waals surface area contributed by atoms with Gasteiger partial charge >= 0.3 is 6.03 Å². The van der Waals surface area contributed by atoms with E-state index in [1.807, 2.05) is 60.7 Å². The molecule has 9 rings (SSSR count). The number of para-hydroxylation sites is 4. The summed E-state index contributed by atoms with van der Waals surface area (Å²) in [5, 5.41) is 30.5. The Bertz CT molecular complexity index is 2250. The van der Waals surface area contributed by atoms with Crippen molar-refractivity contribution in [2.45, 2.75) is 102 Å². The molecule has 310 valence electrons. The highest BCUT2D eigenvalue weighted by Crippen LogP contribution is 2.40. The zero-order chi connectivity index (χ0) is 41.2. The van der Waals surface area contributed by atoms with E-state index in [4.69, 9.17) is 0 Å². The molecule has 60 heavy (non-hydrogen) atoms. The fourth-order valence-electron chi connectivity index (χ4n) is 9.96. The molecule has 4 atom stereocenters. The number of hydrogen-bond acceptors (Lipinski definition) is 7. The molecule has 2 saturated carbocycles. The number of imidazole rings is 2. The molecule has 6 aromatic rings. The Kier molecular flexibility index (Phi) is 11.3. The van der Waals surface area contributed by atoms with Gasteiger partial charge in [-0.25, -0.2) is 14.8 Å². The minimum atomic E-state index is -1.19. The number of H-pyrrole nitrogens is 2. The molecule has 3 heterocycles. The molecular weight excluding hydrogens is 757 g/mol. The number of urea groups is 1. The number of rotatable bonds is 10. The topological polar surface area (TPSA) is 180 Å². The van der Waals surface area contributed by atoms with E-state index in [9.17, 15) is 19.8 Å². The number of anilines is 2. The number of benzene rings is 4. The van der Waals surface area contributed by atoms with Crippen LogP contribution in [0.25, 0.3) is 22.1 Å². The Labute approximate surface area is 348 Å². The van der Waals surface area contributed by atoms with E-state index in [2.05, 4.69) is 30.6 Å². The number of nitrogens with zero attached hydrogens (tertiary/aromatic N) is 4. The number of carbonyl (C=O) groups is 3. The number of fused-ring (bicyclic) bond motifs is 2. The number of nitrogens with one attached hydrogen (secondary N) is 4. The second-order valence-electron chi connectivity index (χ2n) is 16.8. The predicted molar refractivity (Wildman–Crippen MR) is 230 cm³/mol. The van der Waals surface area contributed by atoms with Crippen LogP contribution in [0.1, 0.15) is 96.1 Å². The molecule has 4 amide bonds. The quantitative estimate of drug-likeness (QED) is 0.0812. The maximum Gasteiger partial charge on any atom is 0.321 e. The molecule has 13 heteroatoms. The fourth-order valence-corrected chi connectivity index (χ4v) is 9.96. The summed E-state index contributed by atoms with van der Waals surface area (Å²) >= 11 is 0. The van der Waals surface area contributed by atoms with Gasteiger partial charge in [0.2, 0.25) is 11.9 Å². The summed E-state index contributed by atoms with van der Waals surface area (Å²) in [4.78, 5) is 61.5. The molecule has 3 fully saturated rings. The van der Waals surface area contributed by atoms with Crippen molar-refractivity contribution in [2.75, 3.05) is 10.6 Å². The smallest absolute Gasteiger partial charge is 0.321 e. The highest BCUT2D eigenvalue weighted by Gasteiger charge is 2.51. The van der Waals surface area contributed by atoms with E-state index in [1.165, 1.54) is 0 Å². The van der Waals surface area contributed by atoms with Crippen LogP contribution in [0.15, 0.2) is 97.1 Å². The van der Waals surface area contributed by atoms with Crippen LogP contribution in [0.2, 0.25) is 0 Å². The standard InChI is InChI=1S/C47H52N8O5/c56-41-39(31-15-3-1-4-16-31)54(27-29-13-11-19-33(25-29)43(58)52-45-48-35-21-7-8-22-36(35)49-45)47(60)55(40(42(41)57)32-17-5-2-6-18-32)28-30-14-12-20-34(26-30)44(59)53-46-50-37-23-9-10-24-38(37)51-46/h7-14,19-26,31-32,39-42,56-57H,1-6,15-18,27-28H2,(H2,48,49,52,58)(H2,50,51,53,59)/t39-,40-,41+,42+/m1/s1. The summed E-state index contributed by atoms with van der Waals surface area (Å²) < 4.78 is 0. The second kappa shape index (κ2) is 17.3. The van der Waals surface area contributed by atoms with E-state index in [1.54, 1.807) is 46.2 Å². The number of hydrogen-bond donors (Lipinski definition) is 6. The van der Waals surface area contributed by atoms with Crippen molar-refractivity contribution in [3.8, 4) is 0 Å². The summed E-state index contributed by atoms with van der Waals surface area (Å²) in [7, 11) is 0. The highest BCUT2D eigenvalue weighted by atomic mass is 16.3. The van der Waals surface area contributed by atoms with Crippen molar-refractivity contribution in [3.63, 3.8) is 0 Å². The maximum absolute atomic E-state index is 15.5. The first-order chi connectivity index (χ1) is 29.3. The highest BCUT2D eigenvalue weighted by molar-refractivity contribution is 6.04. The summed E-state index contributed by atoms with van der Waals surface area (Å²) in [6, 6.07) is 28.0. The third-order valence-electron chi connectivity index (χ3n) is 12.9. The van der Waals surface area contributed by atoms with Gasteiger partial charge in [-0.15, -0.1) is 0 Å². The molecule has 6 N–H and O–H groups in total. The Hall–Kier alpha value is -6.05. The van der Waals surface area contributed by atoms with Gasteiger partial charge in [-0.3, -0.25) is 20.2 Å². The molecule has 0 spiro atoms. The Morgan fingerprint density at radius 3 is 1.42 bits per heavy atom. The van der Waals surface area contributed by atoms with Gasteiger partial charge in [-0.1, -0.05) is 87.1 Å². The van der Waals surface area contributed by atoms with E-state index >= 15 is 4.79 Å². The third-order valence-corrected chi connectivity index (χ3v) is 12.9. The lowest BCUT2D eigenvalue weighted by atomic mass is 9.76. The fraction of sp³-hybridized carbons (Fsp3) is 0.383. The van der Waals surface area contributed by atoms with Crippen LogP contribution < -0.4 is 10.6 Å². The zero-order valence-corrected chi connectivity index (χ0v) is 33.6. The number of aromatic nitrogens is 4. The van der Waals surface area contributed by atoms with Crippen molar-refractivity contribution < 1.29 is 24.6 Å². The molecule has 0 bridgehead atoms. The third kappa shape index (κ3) is 8.24. The van der Waals surface area contributed by atoms with Gasteiger partial charge in [-0.2, -0.15) is 0 Å². The van der Waals surface area contributed by atoms with Crippen LogP contribution in [-0.4, -0.2) is 82.1 Å². The van der Waals surface area contributed by atoms with Crippen LogP contribution in [0.3, 0.4) is 0 Å². The SMILES string of the molecule is O=C(Nc1nc2ccccc2[nH]1)c1cccc(CN2C(=O)N(Cc3cccc(C(=O)Nc4nc5ccccc5[nH]4)c3)[C@H](C3CCCCC3)[C@H](O)[C@@H](O)[C@H]2C2CCCCC2)c1. The first kappa shape index (κ1) is 39.4. The lowest BCUT2D eigenvalue weighted by Gasteiger charge is -2.41. The molecule has 1 saturated heterocycles. The van der Waals surface area contributed by atoms with E-state index < -0.39 is 24.3 Å². The summed E-state index contributed by atoms with van der Waals surface area (Å²) in [5.74, 6) is -0.0389. The number of aliphatic hydroxyl groups excluding tert-OH is 2. The average molecular weight is 809 g/mol. The predicted octanol–water partition coefficient (Wildman–Crippen LogP) is 8.00. The summed E-state index contributed by atoms with van der Waals surface area (Å²) in [6.07, 6.45) is 7.13. The number of aromatic amines is 2. The molecule has 13 nitrogen and oxygen atoms in total. The van der Waals surface area contributed by atoms with Crippen LogP contribution in [0.4, 0.5) is 16.7 Å². The normalized spacial score (nSPS) is 21.9. The van der Waals surface area contributed by atoms with Gasteiger partial charge in [0.15, 0.2) is 0 Å². The monoisotopic (exact) mass is 808 g/mol. The van der Waals surface area contributed by atoms with Crippen LogP contribution in [0, 0.1) is 11.8 Å². The maximum atomic E-state index is 15.5. The van der Waals surface area contributed by atoms with E-state index in [0.29, 0.717) is 23.0 Å². The summed E-state index contributed by atoms with van der Waals surface area (Å²) in [5.41, 5.74) is 5.36. The van der Waals surface area contributed by atoms with Gasteiger partial charge < -0.3 is 30.0 Å². The first-order valence-electron chi connectivity index (χ1n) is 21.4. The van der Waals surface area contributed by atoms with Crippen LogP contribution in [0.5, 0.6) is 0 Å². The molecule has 2 aliphatic carbocycles. The van der Waals surface area contributed by atoms with E-state index in [-0.39, 0.29) is 42.8 Å². The molecule has 2 aromatic heterocycles. The number of aliphatic hydroxyl groups is 2. The van der Waals surface area contributed by atoms with Gasteiger partial charge in [-0.05, 0) is 97.2 Å². The van der Waals surface area contributed by atoms with Crippen LogP contribution in [-0.2, 0) is 13.1 Å². The minimum absolute atomic E-state index is 0.0101. The zero-order valence-electron chi connectivity index (χ0n) is 33.6. The van der Waals surface area contributed by atoms with Gasteiger partial charge in [0.1, 0.15) is 12.2 Å². The van der Waals surface area contributed by atoms with E-state index in [0.717, 1.165) is 97.4 Å². The van der Waals surface area contributed by atoms with Gasteiger partial charge in [0, 0.05) is 24.2 Å². The Balaban J connectivity index is 1.03. The minimum Gasteiger partial charge on any atom is -0.388 e. The Morgan fingerprint density at radius 1 is 0.583 bits per heavy atom. The lowest BCUT2D eigenvalue weighted by molar-refractivity contribution is -0.0704. The molecular formula is C47H52N8O5. The largest absolute Gasteiger partial charge is 0.388 e. The first-order valence-corrected chi connectivity index (χ1v) is 21.4. The van der Waals surface area contributed by atoms with Crippen molar-refractivity contribution in [1.82, 2.24) is 29.7 Å². The van der Waals surface area contributed by atoms with Crippen molar-refractivity contribution in [3.05, 3.63) is 119 Å². The van der Waals surface area contributed by atoms with Crippen molar-refractivity contribution in [2.24, 2.45) is 11.8 Å². The molecule has 0 radical (unpaired) electrons.